The lowest BCUT2D eigenvalue weighted by atomic mass is 10.1. The van der Waals surface area contributed by atoms with Crippen molar-refractivity contribution in [1.29, 1.82) is 0 Å². The number of nitro groups is 1. The zero-order chi connectivity index (χ0) is 14.7. The van der Waals surface area contributed by atoms with Crippen LogP contribution in [-0.4, -0.2) is 46.6 Å². The Kier molecular flexibility index (Phi) is 4.19. The van der Waals surface area contributed by atoms with E-state index >= 15 is 0 Å². The number of hydrogen-bond acceptors (Lipinski definition) is 5. The number of likely N-dealkylation sites (tertiary alicyclic amines) is 1. The lowest BCUT2D eigenvalue weighted by molar-refractivity contribution is -0.385. The molecule has 1 atom stereocenters. The average molecular weight is 280 g/mol. The minimum Gasteiger partial charge on any atom is -0.493 e. The van der Waals surface area contributed by atoms with Gasteiger partial charge in [-0.1, -0.05) is 6.07 Å². The zero-order valence-corrected chi connectivity index (χ0v) is 11.1. The van der Waals surface area contributed by atoms with Gasteiger partial charge in [0.1, 0.15) is 5.75 Å². The number of carbonyl (C=O) groups excluding carboxylic acids is 1. The molecule has 1 aromatic rings. The summed E-state index contributed by atoms with van der Waals surface area (Å²) in [5, 5.41) is 20.6. The van der Waals surface area contributed by atoms with Crippen LogP contribution in [0.15, 0.2) is 18.2 Å². The van der Waals surface area contributed by atoms with Crippen LogP contribution in [0.5, 0.6) is 5.75 Å². The molecule has 2 rings (SSSR count). The number of amides is 1. The van der Waals surface area contributed by atoms with Crippen molar-refractivity contribution in [3.8, 4) is 5.75 Å². The Morgan fingerprint density at radius 2 is 2.35 bits per heavy atom. The molecule has 1 aliphatic rings. The Labute approximate surface area is 115 Å². The van der Waals surface area contributed by atoms with Gasteiger partial charge in [-0.05, 0) is 19.4 Å². The number of aliphatic hydroxyl groups is 1. The summed E-state index contributed by atoms with van der Waals surface area (Å²) >= 11 is 0. The Morgan fingerprint density at radius 1 is 1.60 bits per heavy atom. The second kappa shape index (κ2) is 5.87. The molecule has 1 amide bonds. The summed E-state index contributed by atoms with van der Waals surface area (Å²) in [4.78, 5) is 24.4. The molecule has 0 spiro atoms. The van der Waals surface area contributed by atoms with Crippen LogP contribution < -0.4 is 4.74 Å². The fraction of sp³-hybridized carbons (Fsp3) is 0.462. The maximum atomic E-state index is 12.4. The third-order valence-corrected chi connectivity index (χ3v) is 3.17. The van der Waals surface area contributed by atoms with Crippen LogP contribution >= 0.6 is 0 Å². The zero-order valence-electron chi connectivity index (χ0n) is 11.1. The summed E-state index contributed by atoms with van der Waals surface area (Å²) in [5.41, 5.74) is -0.323. The fourth-order valence-electron chi connectivity index (χ4n) is 2.25. The molecule has 0 bridgehead atoms. The molecular weight excluding hydrogens is 264 g/mol. The molecule has 1 unspecified atom stereocenters. The van der Waals surface area contributed by atoms with Gasteiger partial charge in [-0.25, -0.2) is 0 Å². The number of nitrogens with zero attached hydrogens (tertiary/aromatic N) is 2. The number of aliphatic hydroxyl groups excluding tert-OH is 1. The Bertz CT molecular complexity index is 531. The van der Waals surface area contributed by atoms with E-state index in [2.05, 4.69) is 0 Å². The molecule has 0 saturated carbocycles. The third kappa shape index (κ3) is 2.72. The predicted octanol–water partition coefficient (Wildman–Crippen LogP) is 1.20. The van der Waals surface area contributed by atoms with Gasteiger partial charge in [0.05, 0.1) is 17.6 Å². The van der Waals surface area contributed by atoms with E-state index in [-0.39, 0.29) is 23.5 Å². The van der Waals surface area contributed by atoms with Crippen LogP contribution in [0.25, 0.3) is 0 Å². The van der Waals surface area contributed by atoms with E-state index in [9.17, 15) is 20.0 Å². The maximum absolute atomic E-state index is 12.4. The van der Waals surface area contributed by atoms with E-state index in [0.717, 1.165) is 0 Å². The lowest BCUT2D eigenvalue weighted by Gasteiger charge is -2.17. The molecule has 7 heteroatoms. The number of benzene rings is 1. The molecule has 1 heterocycles. The van der Waals surface area contributed by atoms with Gasteiger partial charge in [0.15, 0.2) is 5.56 Å². The molecule has 20 heavy (non-hydrogen) atoms. The number of carbonyl (C=O) groups is 1. The van der Waals surface area contributed by atoms with E-state index in [1.807, 2.05) is 0 Å². The standard InChI is InChI=1S/C13H16N2O5/c1-2-20-11-5-3-4-10(15(18)19)12(11)13(17)14-7-6-9(16)8-14/h3-5,9,16H,2,6-8H2,1H3. The van der Waals surface area contributed by atoms with E-state index in [0.29, 0.717) is 19.6 Å². The van der Waals surface area contributed by atoms with Gasteiger partial charge in [-0.2, -0.15) is 0 Å². The quantitative estimate of drug-likeness (QED) is 0.660. The molecule has 0 aromatic heterocycles. The summed E-state index contributed by atoms with van der Waals surface area (Å²) in [6.45, 7) is 2.63. The number of β-amino-alcohol motifs (C(OH)–C–C–N with tert-alkyl or cyclic N) is 1. The van der Waals surface area contributed by atoms with Crippen LogP contribution in [-0.2, 0) is 0 Å². The first-order chi connectivity index (χ1) is 9.54. The highest BCUT2D eigenvalue weighted by Gasteiger charge is 2.32. The monoisotopic (exact) mass is 280 g/mol. The van der Waals surface area contributed by atoms with Gasteiger partial charge >= 0.3 is 0 Å². The van der Waals surface area contributed by atoms with Crippen molar-refractivity contribution in [2.24, 2.45) is 0 Å². The normalized spacial score (nSPS) is 18.1. The summed E-state index contributed by atoms with van der Waals surface area (Å²) < 4.78 is 5.32. The number of nitro benzene ring substituents is 1. The Hall–Kier alpha value is -2.15. The van der Waals surface area contributed by atoms with Crippen molar-refractivity contribution in [2.45, 2.75) is 19.4 Å². The van der Waals surface area contributed by atoms with Gasteiger partial charge in [0.25, 0.3) is 11.6 Å². The fourth-order valence-corrected chi connectivity index (χ4v) is 2.25. The van der Waals surface area contributed by atoms with Crippen LogP contribution in [0.1, 0.15) is 23.7 Å². The number of ether oxygens (including phenoxy) is 1. The van der Waals surface area contributed by atoms with E-state index in [1.165, 1.54) is 23.1 Å². The van der Waals surface area contributed by atoms with Crippen molar-refractivity contribution >= 4 is 11.6 Å². The van der Waals surface area contributed by atoms with E-state index < -0.39 is 16.9 Å². The van der Waals surface area contributed by atoms with Crippen LogP contribution in [0, 0.1) is 10.1 Å². The number of rotatable bonds is 4. The van der Waals surface area contributed by atoms with Crippen LogP contribution in [0.3, 0.4) is 0 Å². The highest BCUT2D eigenvalue weighted by molar-refractivity contribution is 6.01. The van der Waals surface area contributed by atoms with E-state index in [4.69, 9.17) is 4.74 Å². The van der Waals surface area contributed by atoms with Crippen molar-refractivity contribution in [2.75, 3.05) is 19.7 Å². The molecule has 7 nitrogen and oxygen atoms in total. The summed E-state index contributed by atoms with van der Waals surface area (Å²) in [7, 11) is 0. The molecule has 1 N–H and O–H groups in total. The Balaban J connectivity index is 2.41. The van der Waals surface area contributed by atoms with Crippen molar-refractivity contribution in [1.82, 2.24) is 4.90 Å². The smallest absolute Gasteiger partial charge is 0.285 e. The molecule has 0 aliphatic carbocycles. The van der Waals surface area contributed by atoms with Gasteiger partial charge in [-0.15, -0.1) is 0 Å². The molecule has 0 radical (unpaired) electrons. The van der Waals surface area contributed by atoms with E-state index in [1.54, 1.807) is 6.92 Å². The SMILES string of the molecule is CCOc1cccc([N+](=O)[O-])c1C(=O)N1CCC(O)C1. The van der Waals surface area contributed by atoms with Gasteiger partial charge in [0.2, 0.25) is 0 Å². The largest absolute Gasteiger partial charge is 0.493 e. The van der Waals surface area contributed by atoms with Gasteiger partial charge < -0.3 is 14.7 Å². The number of hydrogen-bond donors (Lipinski definition) is 1. The average Bonchev–Trinajstić information content (AvgIpc) is 2.84. The molecular formula is C13H16N2O5. The van der Waals surface area contributed by atoms with Crippen LogP contribution in [0.2, 0.25) is 0 Å². The second-order valence-corrected chi connectivity index (χ2v) is 4.53. The third-order valence-electron chi connectivity index (χ3n) is 3.17. The first kappa shape index (κ1) is 14.3. The first-order valence-electron chi connectivity index (χ1n) is 6.42. The molecule has 1 aliphatic heterocycles. The van der Waals surface area contributed by atoms with Crippen molar-refractivity contribution in [3.05, 3.63) is 33.9 Å². The summed E-state index contributed by atoms with van der Waals surface area (Å²) in [5.74, 6) is -0.273. The van der Waals surface area contributed by atoms with Gasteiger partial charge in [-0.3, -0.25) is 14.9 Å². The molecule has 1 saturated heterocycles. The molecule has 108 valence electrons. The first-order valence-corrected chi connectivity index (χ1v) is 6.42. The predicted molar refractivity (Wildman–Crippen MR) is 70.8 cm³/mol. The highest BCUT2D eigenvalue weighted by Crippen LogP contribution is 2.30. The molecule has 1 fully saturated rings. The Morgan fingerprint density at radius 3 is 2.90 bits per heavy atom. The second-order valence-electron chi connectivity index (χ2n) is 4.53. The summed E-state index contributed by atoms with van der Waals surface area (Å²) in [6, 6.07) is 4.30. The molecule has 1 aromatic carbocycles. The highest BCUT2D eigenvalue weighted by atomic mass is 16.6. The van der Waals surface area contributed by atoms with Gasteiger partial charge in [0, 0.05) is 19.2 Å². The maximum Gasteiger partial charge on any atom is 0.285 e. The lowest BCUT2D eigenvalue weighted by Crippen LogP contribution is -2.30. The summed E-state index contributed by atoms with van der Waals surface area (Å²) in [6.07, 6.45) is -0.0895. The van der Waals surface area contributed by atoms with Crippen LogP contribution in [0.4, 0.5) is 5.69 Å². The minimum atomic E-state index is -0.595. The van der Waals surface area contributed by atoms with Crippen molar-refractivity contribution < 1.29 is 19.6 Å². The minimum absolute atomic E-state index is 0.0477. The topological polar surface area (TPSA) is 92.9 Å². The van der Waals surface area contributed by atoms with Crippen molar-refractivity contribution in [3.63, 3.8) is 0 Å².